The summed E-state index contributed by atoms with van der Waals surface area (Å²) >= 11 is 0. The number of hydrogen-bond donors (Lipinski definition) is 0. The fraction of sp³-hybridized carbons (Fsp3) is 0.938. The van der Waals surface area contributed by atoms with Gasteiger partial charge in [0.25, 0.3) is 0 Å². The van der Waals surface area contributed by atoms with Crippen LogP contribution in [-0.4, -0.2) is 7.85 Å². The van der Waals surface area contributed by atoms with Crippen LogP contribution >= 0.6 is 0 Å². The van der Waals surface area contributed by atoms with Crippen LogP contribution in [0.2, 0.25) is 5.82 Å². The van der Waals surface area contributed by atoms with Crippen LogP contribution in [0.4, 0.5) is 0 Å². The summed E-state index contributed by atoms with van der Waals surface area (Å²) in [5.41, 5.74) is 0.474. The Labute approximate surface area is 211 Å². The molecule has 0 aromatic heterocycles. The smallest absolute Gasteiger partial charge is 0.0699 e. The maximum Gasteiger partial charge on any atom is 0.0699 e. The van der Waals surface area contributed by atoms with Crippen LogP contribution in [-0.2, 0) is 0 Å². The number of hydrogen-bond acceptors (Lipinski definition) is 0. The lowest BCUT2D eigenvalue weighted by Gasteiger charge is -2.39. The lowest BCUT2D eigenvalue weighted by molar-refractivity contribution is 0.118. The quantitative estimate of drug-likeness (QED) is 0.116. The molecule has 9 unspecified atom stereocenters. The first-order valence-corrected chi connectivity index (χ1v) is 15.2. The third-order valence-corrected chi connectivity index (χ3v) is 10.3. The predicted octanol–water partition coefficient (Wildman–Crippen LogP) is 10.3. The van der Waals surface area contributed by atoms with Gasteiger partial charge in [0.1, 0.15) is 0 Å². The third-order valence-electron chi connectivity index (χ3n) is 10.3. The second-order valence-electron chi connectivity index (χ2n) is 12.6. The van der Waals surface area contributed by atoms with E-state index in [0.29, 0.717) is 17.2 Å². The molecule has 2 rings (SSSR count). The molecular weight excluding hydrogens is 395 g/mol. The van der Waals surface area contributed by atoms with Crippen molar-refractivity contribution in [3.05, 3.63) is 12.2 Å². The minimum Gasteiger partial charge on any atom is -0.0914 e. The molecule has 0 aromatic rings. The van der Waals surface area contributed by atoms with E-state index in [4.69, 9.17) is 7.85 Å². The monoisotopic (exact) mass is 454 g/mol. The SMILES string of the molecule is [B]C(C)C1C(C2CCC2)C1(CCCCC)C(C=CC)CC(C)C(C(C)CC)C(C)CCCC. The van der Waals surface area contributed by atoms with Crippen LogP contribution in [0.5, 0.6) is 0 Å². The Morgan fingerprint density at radius 1 is 0.909 bits per heavy atom. The van der Waals surface area contributed by atoms with E-state index in [-0.39, 0.29) is 0 Å². The first-order chi connectivity index (χ1) is 15.8. The zero-order valence-electron chi connectivity index (χ0n) is 23.9. The normalized spacial score (nSPS) is 31.0. The van der Waals surface area contributed by atoms with E-state index in [2.05, 4.69) is 67.5 Å². The summed E-state index contributed by atoms with van der Waals surface area (Å²) in [6, 6.07) is 0. The first kappa shape index (κ1) is 29.0. The van der Waals surface area contributed by atoms with Crippen molar-refractivity contribution in [3.8, 4) is 0 Å². The summed E-state index contributed by atoms with van der Waals surface area (Å²) in [5.74, 6) is 6.92. The molecule has 0 amide bonds. The van der Waals surface area contributed by atoms with E-state index in [9.17, 15) is 0 Å². The molecule has 33 heavy (non-hydrogen) atoms. The summed E-state index contributed by atoms with van der Waals surface area (Å²) in [5, 5.41) is 0. The zero-order chi connectivity index (χ0) is 24.6. The van der Waals surface area contributed by atoms with Crippen molar-refractivity contribution in [2.75, 3.05) is 0 Å². The van der Waals surface area contributed by atoms with Gasteiger partial charge in [-0.3, -0.25) is 0 Å². The highest BCUT2D eigenvalue weighted by Crippen LogP contribution is 2.75. The molecule has 0 spiro atoms. The third kappa shape index (κ3) is 6.73. The Morgan fingerprint density at radius 2 is 1.58 bits per heavy atom. The fourth-order valence-electron chi connectivity index (χ4n) is 8.50. The Balaban J connectivity index is 2.32. The molecule has 0 aromatic carbocycles. The molecule has 0 nitrogen and oxygen atoms in total. The van der Waals surface area contributed by atoms with E-state index in [0.717, 1.165) is 41.4 Å². The second-order valence-corrected chi connectivity index (χ2v) is 12.6. The molecule has 0 N–H and O–H groups in total. The van der Waals surface area contributed by atoms with Gasteiger partial charge in [-0.15, -0.1) is 0 Å². The molecular formula is C32H59B. The summed E-state index contributed by atoms with van der Waals surface area (Å²) in [7, 11) is 6.76. The maximum atomic E-state index is 6.76. The summed E-state index contributed by atoms with van der Waals surface area (Å²) in [4.78, 5) is 0. The lowest BCUT2D eigenvalue weighted by Crippen LogP contribution is -2.31. The van der Waals surface area contributed by atoms with Gasteiger partial charge in [0.2, 0.25) is 0 Å². The molecule has 0 aliphatic heterocycles. The van der Waals surface area contributed by atoms with Crippen LogP contribution in [0.25, 0.3) is 0 Å². The number of unbranched alkanes of at least 4 members (excludes halogenated alkanes) is 3. The van der Waals surface area contributed by atoms with Crippen LogP contribution < -0.4 is 0 Å². The minimum atomic E-state index is 0.342. The molecule has 2 radical (unpaired) electrons. The molecule has 1 heteroatoms. The van der Waals surface area contributed by atoms with Crippen LogP contribution in [0.15, 0.2) is 12.2 Å². The van der Waals surface area contributed by atoms with Gasteiger partial charge in [-0.05, 0) is 72.5 Å². The molecule has 2 saturated carbocycles. The molecule has 0 heterocycles. The largest absolute Gasteiger partial charge is 0.0914 e. The topological polar surface area (TPSA) is 0 Å². The van der Waals surface area contributed by atoms with E-state index in [1.54, 1.807) is 0 Å². The highest BCUT2D eigenvalue weighted by molar-refractivity contribution is 6.11. The van der Waals surface area contributed by atoms with Crippen molar-refractivity contribution >= 4 is 7.85 Å². The van der Waals surface area contributed by atoms with Crippen molar-refractivity contribution in [3.63, 3.8) is 0 Å². The molecule has 0 saturated heterocycles. The van der Waals surface area contributed by atoms with Crippen LogP contribution in [0.3, 0.4) is 0 Å². The Hall–Kier alpha value is -0.195. The molecule has 9 atom stereocenters. The molecule has 2 aliphatic carbocycles. The van der Waals surface area contributed by atoms with Crippen molar-refractivity contribution in [1.29, 1.82) is 0 Å². The minimum absolute atomic E-state index is 0.342. The maximum absolute atomic E-state index is 6.76. The van der Waals surface area contributed by atoms with E-state index in [1.165, 1.54) is 77.0 Å². The van der Waals surface area contributed by atoms with Crippen molar-refractivity contribution < 1.29 is 0 Å². The van der Waals surface area contributed by atoms with Gasteiger partial charge >= 0.3 is 0 Å². The van der Waals surface area contributed by atoms with Gasteiger partial charge in [-0.2, -0.15) is 0 Å². The van der Waals surface area contributed by atoms with Gasteiger partial charge in [0.15, 0.2) is 0 Å². The predicted molar refractivity (Wildman–Crippen MR) is 150 cm³/mol. The van der Waals surface area contributed by atoms with Crippen LogP contribution in [0, 0.1) is 52.8 Å². The zero-order valence-corrected chi connectivity index (χ0v) is 23.9. The lowest BCUT2D eigenvalue weighted by atomic mass is 9.66. The highest BCUT2D eigenvalue weighted by atomic mass is 14.7. The Bertz CT molecular complexity index is 561. The second kappa shape index (κ2) is 13.8. The average molecular weight is 455 g/mol. The number of allylic oxidation sites excluding steroid dienone is 2. The molecule has 0 bridgehead atoms. The standard InChI is InChI=1S/C32H59B/c1-9-13-15-21-32(30(26(8)33)31(32)27-19-16-20-27)28(17-11-3)22-25(7)29(23(5)12-4)24(6)18-14-10-2/h11,17,23-31H,9-10,12-16,18-22H2,1-8H3. The van der Waals surface area contributed by atoms with E-state index in [1.807, 2.05) is 0 Å². The Morgan fingerprint density at radius 3 is 2.06 bits per heavy atom. The van der Waals surface area contributed by atoms with Crippen LogP contribution in [0.1, 0.15) is 132 Å². The van der Waals surface area contributed by atoms with Gasteiger partial charge in [-0.25, -0.2) is 0 Å². The van der Waals surface area contributed by atoms with Crippen molar-refractivity contribution in [2.45, 2.75) is 138 Å². The van der Waals surface area contributed by atoms with Gasteiger partial charge < -0.3 is 0 Å². The fourth-order valence-corrected chi connectivity index (χ4v) is 8.50. The highest BCUT2D eigenvalue weighted by Gasteiger charge is 2.69. The Kier molecular flexibility index (Phi) is 12.1. The van der Waals surface area contributed by atoms with Gasteiger partial charge in [0.05, 0.1) is 7.85 Å². The molecule has 2 aliphatic rings. The van der Waals surface area contributed by atoms with E-state index >= 15 is 0 Å². The van der Waals surface area contributed by atoms with Gasteiger partial charge in [-0.1, -0.05) is 131 Å². The summed E-state index contributed by atoms with van der Waals surface area (Å²) in [6.07, 6.45) is 21.7. The average Bonchev–Trinajstić information content (AvgIpc) is 3.39. The molecule has 2 fully saturated rings. The van der Waals surface area contributed by atoms with Crippen molar-refractivity contribution in [1.82, 2.24) is 0 Å². The van der Waals surface area contributed by atoms with E-state index < -0.39 is 0 Å². The number of rotatable bonds is 17. The summed E-state index contributed by atoms with van der Waals surface area (Å²) < 4.78 is 0. The first-order valence-electron chi connectivity index (χ1n) is 15.2. The van der Waals surface area contributed by atoms with Gasteiger partial charge in [0, 0.05) is 0 Å². The summed E-state index contributed by atoms with van der Waals surface area (Å²) in [6.45, 7) is 19.4. The molecule has 190 valence electrons. The van der Waals surface area contributed by atoms with Crippen molar-refractivity contribution in [2.24, 2.45) is 52.8 Å².